The van der Waals surface area contributed by atoms with Crippen LogP contribution in [0.25, 0.3) is 11.1 Å². The first-order valence-electron chi connectivity index (χ1n) is 13.3. The summed E-state index contributed by atoms with van der Waals surface area (Å²) in [5, 5.41) is 9.64. The lowest BCUT2D eigenvalue weighted by molar-refractivity contribution is 0.0512. The quantitative estimate of drug-likeness (QED) is 0.302. The third-order valence-electron chi connectivity index (χ3n) is 5.90. The first-order valence-corrected chi connectivity index (χ1v) is 13.3. The van der Waals surface area contributed by atoms with Crippen molar-refractivity contribution in [3.05, 3.63) is 64.1 Å². The molecule has 0 aliphatic carbocycles. The van der Waals surface area contributed by atoms with Crippen molar-refractivity contribution in [3.8, 4) is 17.0 Å². The predicted octanol–water partition coefficient (Wildman–Crippen LogP) is 6.07. The second-order valence-electron chi connectivity index (χ2n) is 10.9. The Kier molecular flexibility index (Phi) is 9.72. The SMILES string of the molecule is CCOC(=O)c1cn[nH]c1OCc1c(C)nc(CC(C)C)c(CNC(=O)OC(C)(C)C)c1-c1ccc(C)cc1. The number of esters is 1. The van der Waals surface area contributed by atoms with Gasteiger partial charge in [0.05, 0.1) is 12.8 Å². The van der Waals surface area contributed by atoms with Gasteiger partial charge in [0, 0.05) is 29.1 Å². The molecule has 1 aromatic carbocycles. The maximum absolute atomic E-state index is 12.6. The molecule has 0 fully saturated rings. The van der Waals surface area contributed by atoms with E-state index in [-0.39, 0.29) is 31.2 Å². The fourth-order valence-corrected chi connectivity index (χ4v) is 4.19. The summed E-state index contributed by atoms with van der Waals surface area (Å²) in [5.74, 6) is 0.0639. The molecular formula is C30H40N4O5. The van der Waals surface area contributed by atoms with Crippen LogP contribution >= 0.6 is 0 Å². The molecule has 0 radical (unpaired) electrons. The monoisotopic (exact) mass is 536 g/mol. The van der Waals surface area contributed by atoms with E-state index in [0.29, 0.717) is 5.92 Å². The van der Waals surface area contributed by atoms with E-state index in [1.807, 2.05) is 34.6 Å². The molecule has 3 aromatic rings. The van der Waals surface area contributed by atoms with Gasteiger partial charge in [-0.1, -0.05) is 43.7 Å². The number of alkyl carbamates (subject to hydrolysis) is 1. The van der Waals surface area contributed by atoms with Crippen LogP contribution in [0.5, 0.6) is 5.88 Å². The van der Waals surface area contributed by atoms with E-state index in [0.717, 1.165) is 45.6 Å². The molecule has 1 amide bonds. The first-order chi connectivity index (χ1) is 18.4. The van der Waals surface area contributed by atoms with Crippen molar-refractivity contribution in [2.45, 2.75) is 80.6 Å². The molecule has 0 aliphatic heterocycles. The second-order valence-corrected chi connectivity index (χ2v) is 10.9. The number of nitrogens with one attached hydrogen (secondary N) is 2. The van der Waals surface area contributed by atoms with Crippen LogP contribution in [-0.4, -0.2) is 39.5 Å². The predicted molar refractivity (Wildman–Crippen MR) is 150 cm³/mol. The van der Waals surface area contributed by atoms with Gasteiger partial charge in [0.1, 0.15) is 17.8 Å². The molecule has 0 unspecified atom stereocenters. The number of carbonyl (C=O) groups is 2. The summed E-state index contributed by atoms with van der Waals surface area (Å²) in [6, 6.07) is 8.22. The van der Waals surface area contributed by atoms with Crippen LogP contribution in [0.15, 0.2) is 30.5 Å². The number of carbonyl (C=O) groups excluding carboxylic acids is 2. The molecule has 0 spiro atoms. The highest BCUT2D eigenvalue weighted by atomic mass is 16.6. The molecule has 2 N–H and O–H groups in total. The van der Waals surface area contributed by atoms with Crippen LogP contribution in [0.4, 0.5) is 4.79 Å². The van der Waals surface area contributed by atoms with E-state index in [9.17, 15) is 9.59 Å². The molecule has 0 atom stereocenters. The minimum Gasteiger partial charge on any atom is -0.472 e. The lowest BCUT2D eigenvalue weighted by atomic mass is 9.90. The highest BCUT2D eigenvalue weighted by Crippen LogP contribution is 2.34. The Hall–Kier alpha value is -3.88. The maximum atomic E-state index is 12.6. The van der Waals surface area contributed by atoms with E-state index in [2.05, 4.69) is 53.6 Å². The van der Waals surface area contributed by atoms with E-state index in [1.165, 1.54) is 6.20 Å². The highest BCUT2D eigenvalue weighted by Gasteiger charge is 2.24. The van der Waals surface area contributed by atoms with Gasteiger partial charge in [-0.05, 0) is 65.0 Å². The smallest absolute Gasteiger partial charge is 0.407 e. The number of benzene rings is 1. The van der Waals surface area contributed by atoms with E-state index in [4.69, 9.17) is 19.2 Å². The fraction of sp³-hybridized carbons (Fsp3) is 0.467. The number of rotatable bonds is 10. The Morgan fingerprint density at radius 1 is 1.08 bits per heavy atom. The Labute approximate surface area is 230 Å². The number of hydrogen-bond donors (Lipinski definition) is 2. The number of aryl methyl sites for hydroxylation is 2. The summed E-state index contributed by atoms with van der Waals surface area (Å²) >= 11 is 0. The van der Waals surface area contributed by atoms with Crippen LogP contribution in [0.3, 0.4) is 0 Å². The largest absolute Gasteiger partial charge is 0.472 e. The number of ether oxygens (including phenoxy) is 3. The molecular weight excluding hydrogens is 496 g/mol. The van der Waals surface area contributed by atoms with E-state index >= 15 is 0 Å². The number of aromatic amines is 1. The number of pyridine rings is 1. The molecule has 9 heteroatoms. The second kappa shape index (κ2) is 12.8. The zero-order valence-electron chi connectivity index (χ0n) is 24.2. The minimum absolute atomic E-state index is 0.123. The Morgan fingerprint density at radius 3 is 2.38 bits per heavy atom. The fourth-order valence-electron chi connectivity index (χ4n) is 4.19. The molecule has 210 valence electrons. The van der Waals surface area contributed by atoms with Gasteiger partial charge in [-0.25, -0.2) is 14.7 Å². The van der Waals surface area contributed by atoms with Crippen molar-refractivity contribution in [2.24, 2.45) is 5.92 Å². The number of amides is 1. The van der Waals surface area contributed by atoms with Crippen molar-refractivity contribution in [1.29, 1.82) is 0 Å². The van der Waals surface area contributed by atoms with Crippen LogP contribution < -0.4 is 10.1 Å². The summed E-state index contributed by atoms with van der Waals surface area (Å²) in [6.45, 7) is 16.1. The van der Waals surface area contributed by atoms with Gasteiger partial charge in [-0.15, -0.1) is 0 Å². The average molecular weight is 537 g/mol. The van der Waals surface area contributed by atoms with Gasteiger partial charge in [0.25, 0.3) is 0 Å². The zero-order valence-corrected chi connectivity index (χ0v) is 24.2. The minimum atomic E-state index is -0.615. The maximum Gasteiger partial charge on any atom is 0.407 e. The van der Waals surface area contributed by atoms with Crippen molar-refractivity contribution in [2.75, 3.05) is 6.61 Å². The van der Waals surface area contributed by atoms with Gasteiger partial charge >= 0.3 is 12.1 Å². The summed E-state index contributed by atoms with van der Waals surface area (Å²) in [7, 11) is 0. The molecule has 0 saturated carbocycles. The van der Waals surface area contributed by atoms with Gasteiger partial charge < -0.3 is 19.5 Å². The van der Waals surface area contributed by atoms with Gasteiger partial charge in [-0.3, -0.25) is 4.98 Å². The Bertz CT molecular complexity index is 1290. The molecule has 0 aliphatic rings. The summed E-state index contributed by atoms with van der Waals surface area (Å²) in [5.41, 5.74) is 6.12. The van der Waals surface area contributed by atoms with Crippen LogP contribution in [-0.2, 0) is 29.0 Å². The Balaban J connectivity index is 2.09. The van der Waals surface area contributed by atoms with Crippen LogP contribution in [0.2, 0.25) is 0 Å². The molecule has 2 heterocycles. The normalized spacial score (nSPS) is 11.4. The van der Waals surface area contributed by atoms with E-state index in [1.54, 1.807) is 6.92 Å². The van der Waals surface area contributed by atoms with Crippen molar-refractivity contribution >= 4 is 12.1 Å². The molecule has 39 heavy (non-hydrogen) atoms. The van der Waals surface area contributed by atoms with Crippen molar-refractivity contribution < 1.29 is 23.8 Å². The van der Waals surface area contributed by atoms with Crippen LogP contribution in [0.1, 0.15) is 80.0 Å². The molecule has 3 rings (SSSR count). The van der Waals surface area contributed by atoms with Gasteiger partial charge in [0.15, 0.2) is 0 Å². The summed E-state index contributed by atoms with van der Waals surface area (Å²) < 4.78 is 16.7. The number of hydrogen-bond acceptors (Lipinski definition) is 7. The lowest BCUT2D eigenvalue weighted by Crippen LogP contribution is -2.32. The zero-order chi connectivity index (χ0) is 28.7. The van der Waals surface area contributed by atoms with Crippen molar-refractivity contribution in [3.63, 3.8) is 0 Å². The molecule has 0 bridgehead atoms. The standard InChI is InChI=1S/C30H40N4O5/c1-9-37-28(35)23-16-32-34-27(23)38-17-24-20(5)33-25(14-18(2)3)22(15-31-29(36)39-30(6,7)8)26(24)21-12-10-19(4)11-13-21/h10-13,16,18H,9,14-15,17H2,1-8H3,(H,31,36)(H,32,34). The van der Waals surface area contributed by atoms with Crippen LogP contribution in [0, 0.1) is 19.8 Å². The first kappa shape index (κ1) is 29.7. The molecule has 2 aromatic heterocycles. The number of H-pyrrole nitrogens is 1. The van der Waals surface area contributed by atoms with Gasteiger partial charge in [-0.2, -0.15) is 5.10 Å². The average Bonchev–Trinajstić information content (AvgIpc) is 3.30. The molecule has 0 saturated heterocycles. The Morgan fingerprint density at radius 2 is 1.77 bits per heavy atom. The third-order valence-corrected chi connectivity index (χ3v) is 5.90. The topological polar surface area (TPSA) is 115 Å². The molecule has 9 nitrogen and oxygen atoms in total. The van der Waals surface area contributed by atoms with E-state index < -0.39 is 17.7 Å². The number of nitrogens with zero attached hydrogens (tertiary/aromatic N) is 2. The van der Waals surface area contributed by atoms with Gasteiger partial charge in [0.2, 0.25) is 5.88 Å². The summed E-state index contributed by atoms with van der Waals surface area (Å²) in [4.78, 5) is 29.9. The lowest BCUT2D eigenvalue weighted by Gasteiger charge is -2.23. The number of aromatic nitrogens is 3. The third kappa shape index (κ3) is 8.05. The van der Waals surface area contributed by atoms with Crippen molar-refractivity contribution in [1.82, 2.24) is 20.5 Å². The summed E-state index contributed by atoms with van der Waals surface area (Å²) in [6.07, 6.45) is 1.63. The highest BCUT2D eigenvalue weighted by molar-refractivity contribution is 5.91.